The molecular formula is C19H31N3O2. The number of benzene rings is 1. The van der Waals surface area contributed by atoms with Crippen molar-refractivity contribution in [2.24, 2.45) is 10.7 Å². The van der Waals surface area contributed by atoms with Crippen LogP contribution in [0.2, 0.25) is 0 Å². The molecule has 1 fully saturated rings. The van der Waals surface area contributed by atoms with Crippen LogP contribution in [0, 0.1) is 0 Å². The highest BCUT2D eigenvalue weighted by atomic mass is 16.5. The highest BCUT2D eigenvalue weighted by Crippen LogP contribution is 2.44. The smallest absolute Gasteiger partial charge is 0.188 e. The summed E-state index contributed by atoms with van der Waals surface area (Å²) in [4.78, 5) is 4.63. The number of para-hydroxylation sites is 1. The molecule has 0 spiro atoms. The summed E-state index contributed by atoms with van der Waals surface area (Å²) >= 11 is 0. The van der Waals surface area contributed by atoms with Crippen molar-refractivity contribution >= 4 is 5.96 Å². The van der Waals surface area contributed by atoms with Crippen molar-refractivity contribution < 1.29 is 9.47 Å². The van der Waals surface area contributed by atoms with Gasteiger partial charge in [0.1, 0.15) is 5.75 Å². The summed E-state index contributed by atoms with van der Waals surface area (Å²) in [6.45, 7) is 5.00. The lowest BCUT2D eigenvalue weighted by molar-refractivity contribution is 0.145. The molecular weight excluding hydrogens is 302 g/mol. The van der Waals surface area contributed by atoms with Crippen LogP contribution in [0.15, 0.2) is 29.3 Å². The first-order valence-electron chi connectivity index (χ1n) is 8.97. The predicted molar refractivity (Wildman–Crippen MR) is 98.7 cm³/mol. The van der Waals surface area contributed by atoms with Crippen molar-refractivity contribution in [2.45, 2.75) is 44.4 Å². The molecule has 0 bridgehead atoms. The molecule has 1 aliphatic rings. The number of guanidine groups is 1. The van der Waals surface area contributed by atoms with Crippen molar-refractivity contribution in [3.05, 3.63) is 29.8 Å². The van der Waals surface area contributed by atoms with Gasteiger partial charge in [-0.15, -0.1) is 0 Å². The zero-order chi connectivity index (χ0) is 17.3. The normalized spacial score (nSPS) is 17.0. The summed E-state index contributed by atoms with van der Waals surface area (Å²) in [5.41, 5.74) is 7.35. The molecule has 134 valence electrons. The number of nitrogens with one attached hydrogen (secondary N) is 1. The van der Waals surface area contributed by atoms with Crippen LogP contribution >= 0.6 is 0 Å². The Morgan fingerprint density at radius 1 is 1.29 bits per heavy atom. The number of methoxy groups -OCH3 is 1. The van der Waals surface area contributed by atoms with Gasteiger partial charge in [0.2, 0.25) is 0 Å². The van der Waals surface area contributed by atoms with Gasteiger partial charge in [-0.2, -0.15) is 0 Å². The lowest BCUT2D eigenvalue weighted by atomic mass is 9.78. The summed E-state index contributed by atoms with van der Waals surface area (Å²) in [6, 6.07) is 8.30. The van der Waals surface area contributed by atoms with E-state index in [0.29, 0.717) is 12.5 Å². The lowest BCUT2D eigenvalue weighted by Gasteiger charge is -2.29. The standard InChI is InChI=1S/C19H31N3O2/c1-3-24-14-8-13-21-18(20)22-15-19(11-6-7-12-19)16-9-4-5-10-17(16)23-2/h4-5,9-10H,3,6-8,11-15H2,1-2H3,(H3,20,21,22). The van der Waals surface area contributed by atoms with E-state index in [2.05, 4.69) is 22.4 Å². The fraction of sp³-hybridized carbons (Fsp3) is 0.632. The fourth-order valence-corrected chi connectivity index (χ4v) is 3.47. The van der Waals surface area contributed by atoms with Crippen LogP contribution in [-0.4, -0.2) is 39.4 Å². The third-order valence-corrected chi connectivity index (χ3v) is 4.77. The second kappa shape index (κ2) is 9.52. The van der Waals surface area contributed by atoms with Gasteiger partial charge in [0, 0.05) is 30.7 Å². The first-order chi connectivity index (χ1) is 11.7. The maximum absolute atomic E-state index is 6.04. The minimum atomic E-state index is 0.0459. The number of aliphatic imine (C=N–C) groups is 1. The Bertz CT molecular complexity index is 525. The van der Waals surface area contributed by atoms with E-state index < -0.39 is 0 Å². The zero-order valence-electron chi connectivity index (χ0n) is 15.0. The quantitative estimate of drug-likeness (QED) is 0.414. The maximum Gasteiger partial charge on any atom is 0.188 e. The summed E-state index contributed by atoms with van der Waals surface area (Å²) in [7, 11) is 1.74. The second-order valence-electron chi connectivity index (χ2n) is 6.37. The molecule has 0 heterocycles. The predicted octanol–water partition coefficient (Wildman–Crippen LogP) is 2.84. The van der Waals surface area contributed by atoms with Crippen LogP contribution in [0.3, 0.4) is 0 Å². The number of hydrogen-bond donors (Lipinski definition) is 2. The topological polar surface area (TPSA) is 68.9 Å². The van der Waals surface area contributed by atoms with Crippen LogP contribution in [0.1, 0.15) is 44.6 Å². The first-order valence-corrected chi connectivity index (χ1v) is 8.97. The van der Waals surface area contributed by atoms with Crippen LogP contribution < -0.4 is 15.8 Å². The zero-order valence-corrected chi connectivity index (χ0v) is 15.0. The van der Waals surface area contributed by atoms with Gasteiger partial charge in [-0.05, 0) is 32.3 Å². The number of nitrogens with zero attached hydrogens (tertiary/aromatic N) is 1. The van der Waals surface area contributed by atoms with Crippen molar-refractivity contribution in [3.8, 4) is 5.75 Å². The van der Waals surface area contributed by atoms with E-state index in [0.717, 1.165) is 44.8 Å². The van der Waals surface area contributed by atoms with Gasteiger partial charge < -0.3 is 20.5 Å². The van der Waals surface area contributed by atoms with Crippen molar-refractivity contribution in [2.75, 3.05) is 33.4 Å². The van der Waals surface area contributed by atoms with Gasteiger partial charge in [-0.3, -0.25) is 4.99 Å². The largest absolute Gasteiger partial charge is 0.496 e. The van der Waals surface area contributed by atoms with E-state index in [9.17, 15) is 0 Å². The summed E-state index contributed by atoms with van der Waals surface area (Å²) in [5.74, 6) is 1.48. The van der Waals surface area contributed by atoms with Gasteiger partial charge in [-0.1, -0.05) is 31.0 Å². The van der Waals surface area contributed by atoms with Crippen LogP contribution in [0.5, 0.6) is 5.75 Å². The van der Waals surface area contributed by atoms with Crippen LogP contribution in [0.25, 0.3) is 0 Å². The minimum absolute atomic E-state index is 0.0459. The monoisotopic (exact) mass is 333 g/mol. The minimum Gasteiger partial charge on any atom is -0.496 e. The molecule has 5 nitrogen and oxygen atoms in total. The second-order valence-corrected chi connectivity index (χ2v) is 6.37. The van der Waals surface area contributed by atoms with Crippen LogP contribution in [0.4, 0.5) is 0 Å². The van der Waals surface area contributed by atoms with Crippen molar-refractivity contribution in [1.82, 2.24) is 5.32 Å². The van der Waals surface area contributed by atoms with Crippen molar-refractivity contribution in [1.29, 1.82) is 0 Å². The number of ether oxygens (including phenoxy) is 2. The molecule has 0 amide bonds. The number of rotatable bonds is 9. The molecule has 1 aliphatic carbocycles. The molecule has 0 aromatic heterocycles. The van der Waals surface area contributed by atoms with E-state index in [1.54, 1.807) is 7.11 Å². The highest BCUT2D eigenvalue weighted by molar-refractivity contribution is 5.77. The first kappa shape index (κ1) is 18.6. The third kappa shape index (κ3) is 4.87. The van der Waals surface area contributed by atoms with Crippen LogP contribution in [-0.2, 0) is 10.2 Å². The molecule has 1 aromatic carbocycles. The maximum atomic E-state index is 6.04. The molecule has 0 saturated heterocycles. The molecule has 5 heteroatoms. The average molecular weight is 333 g/mol. The summed E-state index contributed by atoms with van der Waals surface area (Å²) in [5, 5.41) is 3.18. The Kier molecular flexibility index (Phi) is 7.37. The SMILES string of the molecule is CCOCCCNC(N)=NCC1(c2ccccc2OC)CCCC1. The van der Waals surface area contributed by atoms with E-state index in [-0.39, 0.29) is 5.41 Å². The Balaban J connectivity index is 1.99. The van der Waals surface area contributed by atoms with Crippen molar-refractivity contribution in [3.63, 3.8) is 0 Å². The van der Waals surface area contributed by atoms with Gasteiger partial charge in [0.05, 0.1) is 13.7 Å². The molecule has 0 atom stereocenters. The van der Waals surface area contributed by atoms with Gasteiger partial charge in [0.25, 0.3) is 0 Å². The molecule has 0 aliphatic heterocycles. The molecule has 1 saturated carbocycles. The lowest BCUT2D eigenvalue weighted by Crippen LogP contribution is -2.35. The Morgan fingerprint density at radius 2 is 2.04 bits per heavy atom. The Morgan fingerprint density at radius 3 is 2.75 bits per heavy atom. The molecule has 3 N–H and O–H groups in total. The van der Waals surface area contributed by atoms with E-state index in [4.69, 9.17) is 15.2 Å². The molecule has 24 heavy (non-hydrogen) atoms. The number of hydrogen-bond acceptors (Lipinski definition) is 3. The van der Waals surface area contributed by atoms with E-state index >= 15 is 0 Å². The van der Waals surface area contributed by atoms with E-state index in [1.165, 1.54) is 18.4 Å². The Labute approximate surface area is 145 Å². The molecule has 2 rings (SSSR count). The van der Waals surface area contributed by atoms with Gasteiger partial charge in [0.15, 0.2) is 5.96 Å². The third-order valence-electron chi connectivity index (χ3n) is 4.77. The van der Waals surface area contributed by atoms with E-state index in [1.807, 2.05) is 19.1 Å². The fourth-order valence-electron chi connectivity index (χ4n) is 3.47. The average Bonchev–Trinajstić information content (AvgIpc) is 3.10. The van der Waals surface area contributed by atoms with Gasteiger partial charge in [-0.25, -0.2) is 0 Å². The Hall–Kier alpha value is -1.75. The number of nitrogens with two attached hydrogens (primary N) is 1. The summed E-state index contributed by atoms with van der Waals surface area (Å²) in [6.07, 6.45) is 5.66. The highest BCUT2D eigenvalue weighted by Gasteiger charge is 2.37. The molecule has 0 unspecified atom stereocenters. The summed E-state index contributed by atoms with van der Waals surface area (Å²) < 4.78 is 10.9. The molecule has 0 radical (unpaired) electrons. The molecule has 1 aromatic rings. The van der Waals surface area contributed by atoms with Gasteiger partial charge >= 0.3 is 0 Å².